The average Bonchev–Trinajstić information content (AvgIpc) is 2.78. The van der Waals surface area contributed by atoms with Crippen LogP contribution in [0.3, 0.4) is 0 Å². The third-order valence-corrected chi connectivity index (χ3v) is 4.60. The predicted molar refractivity (Wildman–Crippen MR) is 90.2 cm³/mol. The van der Waals surface area contributed by atoms with E-state index < -0.39 is 0 Å². The van der Waals surface area contributed by atoms with Crippen molar-refractivity contribution in [1.29, 1.82) is 0 Å². The van der Waals surface area contributed by atoms with Gasteiger partial charge in [0.25, 0.3) is 0 Å². The van der Waals surface area contributed by atoms with Crippen molar-refractivity contribution in [3.63, 3.8) is 0 Å². The number of nitrogens with two attached hydrogens (primary N) is 1. The number of hydrogen-bond donors (Lipinski definition) is 2. The highest BCUT2D eigenvalue weighted by atomic mass is 79.9. The number of anilines is 2. The Bertz CT molecular complexity index is 735. The van der Waals surface area contributed by atoms with Gasteiger partial charge in [-0.1, -0.05) is 33.3 Å². The van der Waals surface area contributed by atoms with Gasteiger partial charge in [-0.05, 0) is 31.9 Å². The summed E-state index contributed by atoms with van der Waals surface area (Å²) in [7, 11) is 0. The zero-order valence-electron chi connectivity index (χ0n) is 11.4. The summed E-state index contributed by atoms with van der Waals surface area (Å²) in [6.07, 6.45) is 7.90. The molecule has 2 aromatic rings. The predicted octanol–water partition coefficient (Wildman–Crippen LogP) is 3.86. The molecule has 21 heavy (non-hydrogen) atoms. The number of hydrogen-bond acceptors (Lipinski definition) is 6. The van der Waals surface area contributed by atoms with Gasteiger partial charge in [0.2, 0.25) is 5.95 Å². The molecule has 0 fully saturated rings. The molecule has 0 bridgehead atoms. The summed E-state index contributed by atoms with van der Waals surface area (Å²) in [6, 6.07) is 1.87. The number of nitrogens with one attached hydrogen (secondary N) is 1. The number of nitrogen functional groups attached to an aromatic ring is 1. The second-order valence-corrected chi connectivity index (χ2v) is 6.60. The van der Waals surface area contributed by atoms with Crippen molar-refractivity contribution in [3.8, 4) is 10.6 Å². The molecule has 0 spiro atoms. The van der Waals surface area contributed by atoms with Gasteiger partial charge in [-0.2, -0.15) is 0 Å². The van der Waals surface area contributed by atoms with Gasteiger partial charge in [-0.25, -0.2) is 15.0 Å². The molecule has 0 amide bonds. The van der Waals surface area contributed by atoms with Crippen molar-refractivity contribution < 1.29 is 0 Å². The quantitative estimate of drug-likeness (QED) is 0.865. The Morgan fingerprint density at radius 1 is 1.38 bits per heavy atom. The van der Waals surface area contributed by atoms with E-state index in [1.807, 2.05) is 13.0 Å². The Balaban J connectivity index is 1.87. The molecule has 5 nitrogen and oxygen atoms in total. The highest BCUT2D eigenvalue weighted by molar-refractivity contribution is 9.11. The molecule has 7 heteroatoms. The van der Waals surface area contributed by atoms with E-state index in [2.05, 4.69) is 48.4 Å². The number of aryl methyl sites for hydroxylation is 1. The first-order valence-electron chi connectivity index (χ1n) is 6.51. The van der Waals surface area contributed by atoms with Crippen molar-refractivity contribution in [1.82, 2.24) is 15.0 Å². The zero-order chi connectivity index (χ0) is 14.8. The lowest BCUT2D eigenvalue weighted by Gasteiger charge is -2.12. The maximum absolute atomic E-state index is 5.75. The van der Waals surface area contributed by atoms with Crippen LogP contribution < -0.4 is 11.1 Å². The molecule has 0 saturated carbocycles. The van der Waals surface area contributed by atoms with Gasteiger partial charge in [-0.15, -0.1) is 0 Å². The third-order valence-electron chi connectivity index (χ3n) is 3.04. The molecule has 108 valence electrons. The van der Waals surface area contributed by atoms with Crippen LogP contribution in [-0.2, 0) is 0 Å². The van der Waals surface area contributed by atoms with Crippen LogP contribution >= 0.6 is 27.3 Å². The molecule has 0 saturated heterocycles. The van der Waals surface area contributed by atoms with Crippen molar-refractivity contribution in [3.05, 3.63) is 40.3 Å². The SMILES string of the molecule is Cc1nc(N)sc1-c1ccnc(NC2=CC(Br)=CCC2)n1. The second-order valence-electron chi connectivity index (χ2n) is 4.65. The Hall–Kier alpha value is -1.73. The first-order valence-corrected chi connectivity index (χ1v) is 8.12. The minimum atomic E-state index is 0.555. The van der Waals surface area contributed by atoms with E-state index in [1.54, 1.807) is 6.20 Å². The molecule has 0 unspecified atom stereocenters. The summed E-state index contributed by atoms with van der Waals surface area (Å²) in [5.74, 6) is 0.590. The number of allylic oxidation sites excluding steroid dienone is 4. The number of aromatic nitrogens is 3. The first kappa shape index (κ1) is 14.2. The number of rotatable bonds is 3. The summed E-state index contributed by atoms with van der Waals surface area (Å²) in [4.78, 5) is 14.0. The standard InChI is InChI=1S/C14H14BrN5S/c1-8-12(21-13(16)18-8)11-5-6-17-14(20-11)19-10-4-2-3-9(15)7-10/h3,5-7H,2,4H2,1H3,(H2,16,18)(H,17,19,20). The monoisotopic (exact) mass is 363 g/mol. The molecule has 0 radical (unpaired) electrons. The Morgan fingerprint density at radius 2 is 2.24 bits per heavy atom. The van der Waals surface area contributed by atoms with E-state index in [-0.39, 0.29) is 0 Å². The number of thiazole rings is 1. The van der Waals surface area contributed by atoms with Gasteiger partial charge in [0, 0.05) is 16.4 Å². The minimum Gasteiger partial charge on any atom is -0.375 e. The van der Waals surface area contributed by atoms with Crippen molar-refractivity contribution >= 4 is 38.3 Å². The third kappa shape index (κ3) is 3.30. The van der Waals surface area contributed by atoms with Gasteiger partial charge in [0.15, 0.2) is 5.13 Å². The van der Waals surface area contributed by atoms with E-state index in [9.17, 15) is 0 Å². The van der Waals surface area contributed by atoms with E-state index in [4.69, 9.17) is 5.73 Å². The van der Waals surface area contributed by atoms with Crippen LogP contribution in [0.2, 0.25) is 0 Å². The first-order chi connectivity index (χ1) is 10.1. The maximum atomic E-state index is 5.75. The van der Waals surface area contributed by atoms with E-state index in [1.165, 1.54) is 11.3 Å². The lowest BCUT2D eigenvalue weighted by atomic mass is 10.1. The van der Waals surface area contributed by atoms with Crippen LogP contribution in [0.1, 0.15) is 18.5 Å². The normalized spacial score (nSPS) is 14.6. The smallest absolute Gasteiger partial charge is 0.227 e. The fourth-order valence-corrected chi connectivity index (χ4v) is 3.41. The second kappa shape index (κ2) is 5.95. The van der Waals surface area contributed by atoms with Crippen LogP contribution in [-0.4, -0.2) is 15.0 Å². The highest BCUT2D eigenvalue weighted by Gasteiger charge is 2.11. The van der Waals surface area contributed by atoms with E-state index in [0.29, 0.717) is 11.1 Å². The molecule has 1 aliphatic carbocycles. The lowest BCUT2D eigenvalue weighted by Crippen LogP contribution is -2.05. The summed E-state index contributed by atoms with van der Waals surface area (Å²) in [5.41, 5.74) is 8.58. The summed E-state index contributed by atoms with van der Waals surface area (Å²) in [6.45, 7) is 1.93. The van der Waals surface area contributed by atoms with Crippen LogP contribution in [0.5, 0.6) is 0 Å². The van der Waals surface area contributed by atoms with Gasteiger partial charge in [0.1, 0.15) is 0 Å². The molecule has 3 rings (SSSR count). The van der Waals surface area contributed by atoms with E-state index in [0.717, 1.165) is 39.3 Å². The molecule has 2 heterocycles. The highest BCUT2D eigenvalue weighted by Crippen LogP contribution is 2.30. The molecule has 3 N–H and O–H groups in total. The number of nitrogens with zero attached hydrogens (tertiary/aromatic N) is 3. The zero-order valence-corrected chi connectivity index (χ0v) is 13.8. The summed E-state index contributed by atoms with van der Waals surface area (Å²) >= 11 is 4.93. The van der Waals surface area contributed by atoms with Crippen LogP contribution in [0.25, 0.3) is 10.6 Å². The Morgan fingerprint density at radius 3 is 2.95 bits per heavy atom. The molecule has 0 aliphatic heterocycles. The van der Waals surface area contributed by atoms with Crippen molar-refractivity contribution in [2.75, 3.05) is 11.1 Å². The lowest BCUT2D eigenvalue weighted by molar-refractivity contribution is 0.952. The van der Waals surface area contributed by atoms with Crippen LogP contribution in [0.15, 0.2) is 34.6 Å². The Labute approximate surface area is 135 Å². The molecular formula is C14H14BrN5S. The molecule has 2 aromatic heterocycles. The average molecular weight is 364 g/mol. The van der Waals surface area contributed by atoms with E-state index >= 15 is 0 Å². The fourth-order valence-electron chi connectivity index (χ4n) is 2.11. The maximum Gasteiger partial charge on any atom is 0.227 e. The molecule has 0 aromatic carbocycles. The van der Waals surface area contributed by atoms with Gasteiger partial charge in [0.05, 0.1) is 16.3 Å². The van der Waals surface area contributed by atoms with Crippen LogP contribution in [0.4, 0.5) is 11.1 Å². The van der Waals surface area contributed by atoms with Crippen LogP contribution in [0, 0.1) is 6.92 Å². The summed E-state index contributed by atoms with van der Waals surface area (Å²) < 4.78 is 1.08. The molecular weight excluding hydrogens is 350 g/mol. The minimum absolute atomic E-state index is 0.555. The van der Waals surface area contributed by atoms with Gasteiger partial charge < -0.3 is 11.1 Å². The Kier molecular flexibility index (Phi) is 4.03. The molecule has 1 aliphatic rings. The molecule has 0 atom stereocenters. The fraction of sp³-hybridized carbons (Fsp3) is 0.214. The number of halogens is 1. The summed E-state index contributed by atoms with van der Waals surface area (Å²) in [5, 5.41) is 3.82. The van der Waals surface area contributed by atoms with Crippen molar-refractivity contribution in [2.24, 2.45) is 0 Å². The topological polar surface area (TPSA) is 76.7 Å². The van der Waals surface area contributed by atoms with Gasteiger partial charge in [-0.3, -0.25) is 0 Å². The van der Waals surface area contributed by atoms with Gasteiger partial charge >= 0.3 is 0 Å². The largest absolute Gasteiger partial charge is 0.375 e. The van der Waals surface area contributed by atoms with Crippen molar-refractivity contribution in [2.45, 2.75) is 19.8 Å².